The van der Waals surface area contributed by atoms with Crippen LogP contribution >= 0.6 is 11.6 Å². The van der Waals surface area contributed by atoms with Crippen LogP contribution in [-0.2, 0) is 20.9 Å². The maximum absolute atomic E-state index is 13.6. The summed E-state index contributed by atoms with van der Waals surface area (Å²) >= 11 is 6.84. The zero-order valence-corrected chi connectivity index (χ0v) is 23.7. The molecular weight excluding hydrogens is 508 g/mol. The molecule has 2 aromatic carbocycles. The zero-order valence-electron chi connectivity index (χ0n) is 23.0. The number of esters is 1. The van der Waals surface area contributed by atoms with E-state index in [0.717, 1.165) is 11.1 Å². The van der Waals surface area contributed by atoms with Crippen LogP contribution in [0.4, 0.5) is 4.79 Å². The Morgan fingerprint density at radius 2 is 1.76 bits per heavy atom. The van der Waals surface area contributed by atoms with E-state index in [-0.39, 0.29) is 19.2 Å². The highest BCUT2D eigenvalue weighted by atomic mass is 35.5. The highest BCUT2D eigenvalue weighted by molar-refractivity contribution is 6.33. The van der Waals surface area contributed by atoms with Crippen molar-refractivity contribution in [2.75, 3.05) is 33.0 Å². The Bertz CT molecular complexity index is 1090. The zero-order chi connectivity index (χ0) is 27.7. The molecule has 1 aliphatic rings. The van der Waals surface area contributed by atoms with Crippen LogP contribution in [0.1, 0.15) is 63.3 Å². The highest BCUT2D eigenvalue weighted by Crippen LogP contribution is 2.43. The molecule has 38 heavy (non-hydrogen) atoms. The molecule has 0 spiro atoms. The molecule has 1 unspecified atom stereocenters. The van der Waals surface area contributed by atoms with Crippen LogP contribution in [0.5, 0.6) is 11.5 Å². The first kappa shape index (κ1) is 29.6. The third kappa shape index (κ3) is 7.11. The third-order valence-electron chi connectivity index (χ3n) is 6.57. The van der Waals surface area contributed by atoms with Crippen molar-refractivity contribution in [1.82, 2.24) is 10.2 Å². The molecule has 2 aromatic rings. The van der Waals surface area contributed by atoms with E-state index < -0.39 is 17.6 Å². The summed E-state index contributed by atoms with van der Waals surface area (Å²) < 4.78 is 22.8. The molecule has 3 rings (SSSR count). The van der Waals surface area contributed by atoms with E-state index >= 15 is 0 Å². The topological polar surface area (TPSA) is 86.3 Å². The average Bonchev–Trinajstić information content (AvgIpc) is 3.69. The molecular formula is C29H39ClN2O6. The van der Waals surface area contributed by atoms with Gasteiger partial charge in [0.15, 0.2) is 0 Å². The summed E-state index contributed by atoms with van der Waals surface area (Å²) in [6.45, 7) is 11.5. The second-order valence-corrected chi connectivity index (χ2v) is 9.62. The average molecular weight is 547 g/mol. The number of rotatable bonds is 14. The van der Waals surface area contributed by atoms with Gasteiger partial charge >= 0.3 is 12.0 Å². The maximum Gasteiger partial charge on any atom is 0.331 e. The Labute approximate surface area is 230 Å². The minimum Gasteiger partial charge on any atom is -0.493 e. The van der Waals surface area contributed by atoms with Crippen molar-refractivity contribution in [2.45, 2.75) is 65.6 Å². The largest absolute Gasteiger partial charge is 0.493 e. The van der Waals surface area contributed by atoms with Gasteiger partial charge < -0.3 is 29.2 Å². The number of amides is 2. The molecule has 0 saturated heterocycles. The summed E-state index contributed by atoms with van der Waals surface area (Å²) in [4.78, 5) is 27.8. The lowest BCUT2D eigenvalue weighted by Gasteiger charge is -2.32. The van der Waals surface area contributed by atoms with E-state index in [1.54, 1.807) is 11.8 Å². The predicted molar refractivity (Wildman–Crippen MR) is 147 cm³/mol. The SMILES string of the molecule is CCOC(=O)C1(NC(=O)N(CCOCc2ccccc2)C(C)c2cc(OCC)c(C)c(OCC)c2Cl)CC1. The number of carbonyl (C=O) groups is 2. The molecule has 1 aliphatic carbocycles. The van der Waals surface area contributed by atoms with E-state index in [4.69, 9.17) is 30.5 Å². The molecule has 1 atom stereocenters. The Balaban J connectivity index is 1.87. The molecule has 0 heterocycles. The normalized spacial score (nSPS) is 14.4. The van der Waals surface area contributed by atoms with Crippen molar-refractivity contribution >= 4 is 23.6 Å². The van der Waals surface area contributed by atoms with Gasteiger partial charge in [0, 0.05) is 17.7 Å². The van der Waals surface area contributed by atoms with Crippen molar-refractivity contribution in [3.8, 4) is 11.5 Å². The standard InChI is InChI=1S/C29H39ClN2O6/c1-6-36-24-18-23(25(30)26(20(24)4)37-7-2)21(5)32(16-17-35-19-22-12-10-9-11-13-22)28(34)31-29(14-15-29)27(33)38-8-3/h9-13,18,21H,6-8,14-17,19H2,1-5H3,(H,31,34). The lowest BCUT2D eigenvalue weighted by molar-refractivity contribution is -0.146. The molecule has 208 valence electrons. The van der Waals surface area contributed by atoms with Crippen LogP contribution in [0.15, 0.2) is 36.4 Å². The van der Waals surface area contributed by atoms with Gasteiger partial charge in [-0.25, -0.2) is 9.59 Å². The number of nitrogens with one attached hydrogen (secondary N) is 1. The summed E-state index contributed by atoms with van der Waals surface area (Å²) in [5.74, 6) is 0.771. The maximum atomic E-state index is 13.6. The van der Waals surface area contributed by atoms with Crippen LogP contribution in [0.25, 0.3) is 0 Å². The van der Waals surface area contributed by atoms with Crippen molar-refractivity contribution in [2.24, 2.45) is 0 Å². The number of benzene rings is 2. The van der Waals surface area contributed by atoms with Crippen LogP contribution in [0, 0.1) is 6.92 Å². The minimum absolute atomic E-state index is 0.253. The Hall–Kier alpha value is -2.97. The van der Waals surface area contributed by atoms with Gasteiger partial charge in [-0.05, 0) is 59.1 Å². The second-order valence-electron chi connectivity index (χ2n) is 9.24. The number of hydrogen-bond acceptors (Lipinski definition) is 6. The van der Waals surface area contributed by atoms with E-state index in [1.807, 2.05) is 64.1 Å². The summed E-state index contributed by atoms with van der Waals surface area (Å²) in [5, 5.41) is 3.35. The molecule has 1 saturated carbocycles. The minimum atomic E-state index is -0.986. The van der Waals surface area contributed by atoms with Crippen LogP contribution in [-0.4, -0.2) is 55.4 Å². The van der Waals surface area contributed by atoms with Gasteiger partial charge in [0.05, 0.1) is 44.1 Å². The first-order chi connectivity index (χ1) is 18.3. The van der Waals surface area contributed by atoms with E-state index in [0.29, 0.717) is 61.4 Å². The van der Waals surface area contributed by atoms with E-state index in [9.17, 15) is 9.59 Å². The summed E-state index contributed by atoms with van der Waals surface area (Å²) in [6.07, 6.45) is 1.08. The summed E-state index contributed by atoms with van der Waals surface area (Å²) in [7, 11) is 0. The van der Waals surface area contributed by atoms with Gasteiger partial charge in [-0.2, -0.15) is 0 Å². The highest BCUT2D eigenvalue weighted by Gasteiger charge is 2.53. The summed E-state index contributed by atoms with van der Waals surface area (Å²) in [5.41, 5.74) is 1.54. The molecule has 0 aliphatic heterocycles. The molecule has 1 fully saturated rings. The number of carbonyl (C=O) groups excluding carboxylic acids is 2. The monoisotopic (exact) mass is 546 g/mol. The van der Waals surface area contributed by atoms with Crippen LogP contribution < -0.4 is 14.8 Å². The van der Waals surface area contributed by atoms with Gasteiger partial charge in [-0.1, -0.05) is 41.9 Å². The van der Waals surface area contributed by atoms with Crippen LogP contribution in [0.3, 0.4) is 0 Å². The van der Waals surface area contributed by atoms with Gasteiger partial charge in [0.1, 0.15) is 17.0 Å². The lowest BCUT2D eigenvalue weighted by Crippen LogP contribution is -2.51. The van der Waals surface area contributed by atoms with Crippen LogP contribution in [0.2, 0.25) is 5.02 Å². The van der Waals surface area contributed by atoms with Gasteiger partial charge in [0.25, 0.3) is 0 Å². The van der Waals surface area contributed by atoms with Gasteiger partial charge in [-0.3, -0.25) is 0 Å². The van der Waals surface area contributed by atoms with E-state index in [2.05, 4.69) is 5.32 Å². The lowest BCUT2D eigenvalue weighted by atomic mass is 10.0. The fraction of sp³-hybridized carbons (Fsp3) is 0.517. The van der Waals surface area contributed by atoms with Crippen molar-refractivity contribution in [1.29, 1.82) is 0 Å². The number of halogens is 1. The van der Waals surface area contributed by atoms with Crippen molar-refractivity contribution in [3.05, 3.63) is 58.1 Å². The van der Waals surface area contributed by atoms with Gasteiger partial charge in [-0.15, -0.1) is 0 Å². The first-order valence-electron chi connectivity index (χ1n) is 13.2. The molecule has 2 amide bonds. The van der Waals surface area contributed by atoms with Gasteiger partial charge in [0.2, 0.25) is 0 Å². The Morgan fingerprint density at radius 1 is 1.08 bits per heavy atom. The predicted octanol–water partition coefficient (Wildman–Crippen LogP) is 5.83. The number of urea groups is 1. The van der Waals surface area contributed by atoms with Crippen molar-refractivity contribution < 1.29 is 28.5 Å². The fourth-order valence-electron chi connectivity index (χ4n) is 4.26. The summed E-state index contributed by atoms with van der Waals surface area (Å²) in [6, 6.07) is 10.8. The molecule has 8 nitrogen and oxygen atoms in total. The smallest absolute Gasteiger partial charge is 0.331 e. The fourth-order valence-corrected chi connectivity index (χ4v) is 4.67. The van der Waals surface area contributed by atoms with Crippen molar-refractivity contribution in [3.63, 3.8) is 0 Å². The number of hydrogen-bond donors (Lipinski definition) is 1. The second kappa shape index (κ2) is 13.7. The first-order valence-corrected chi connectivity index (χ1v) is 13.6. The Kier molecular flexibility index (Phi) is 10.7. The van der Waals surface area contributed by atoms with E-state index in [1.165, 1.54) is 0 Å². The Morgan fingerprint density at radius 3 is 2.37 bits per heavy atom. The quantitative estimate of drug-likeness (QED) is 0.237. The molecule has 9 heteroatoms. The molecule has 0 bridgehead atoms. The third-order valence-corrected chi connectivity index (χ3v) is 6.96. The molecule has 1 N–H and O–H groups in total. The molecule has 0 aromatic heterocycles. The molecule has 0 radical (unpaired) electrons. The number of ether oxygens (including phenoxy) is 4. The number of nitrogens with zero attached hydrogens (tertiary/aromatic N) is 1.